The number of aliphatic hydroxyl groups is 1. The number of nitrogens with two attached hydrogens (primary N) is 1. The van der Waals surface area contributed by atoms with E-state index in [0.29, 0.717) is 0 Å². The minimum atomic E-state index is -3.97. The van der Waals surface area contributed by atoms with Gasteiger partial charge in [0, 0.05) is 6.54 Å². The van der Waals surface area contributed by atoms with Crippen LogP contribution in [0.15, 0.2) is 0 Å². The maximum atomic E-state index is 10.7. The van der Waals surface area contributed by atoms with E-state index in [4.69, 9.17) is 15.7 Å². The molecule has 6 nitrogen and oxygen atoms in total. The second kappa shape index (κ2) is 5.65. The Hall–Kier alpha value is 0.0300. The molecule has 7 heteroatoms. The van der Waals surface area contributed by atoms with Gasteiger partial charge in [-0.25, -0.2) is 4.57 Å². The summed E-state index contributed by atoms with van der Waals surface area (Å²) in [7, 11) is -3.97. The molecule has 0 spiro atoms. The van der Waals surface area contributed by atoms with Gasteiger partial charge in [-0.05, 0) is 0 Å². The number of hydrogen-bond donors (Lipinski definition) is 3. The molecule has 0 aliphatic heterocycles. The van der Waals surface area contributed by atoms with E-state index in [1.807, 2.05) is 0 Å². The van der Waals surface area contributed by atoms with Gasteiger partial charge in [0.2, 0.25) is 0 Å². The van der Waals surface area contributed by atoms with Crippen molar-refractivity contribution in [2.45, 2.75) is 0 Å². The quantitative estimate of drug-likeness (QED) is 0.462. The van der Waals surface area contributed by atoms with E-state index >= 15 is 0 Å². The molecule has 0 bridgehead atoms. The Bertz CT molecular complexity index is 128. The van der Waals surface area contributed by atoms with E-state index in [1.165, 1.54) is 0 Å². The number of phosphoric ester groups is 1. The van der Waals surface area contributed by atoms with E-state index < -0.39 is 7.82 Å². The summed E-state index contributed by atoms with van der Waals surface area (Å²) < 4.78 is 19.3. The molecule has 0 aromatic carbocycles. The van der Waals surface area contributed by atoms with Gasteiger partial charge in [-0.15, -0.1) is 0 Å². The second-order valence-electron chi connectivity index (χ2n) is 1.65. The van der Waals surface area contributed by atoms with Crippen LogP contribution in [-0.2, 0) is 13.6 Å². The zero-order chi connectivity index (χ0) is 8.74. The van der Waals surface area contributed by atoms with Crippen LogP contribution in [0, 0.1) is 0 Å². The van der Waals surface area contributed by atoms with Crippen LogP contribution in [0.4, 0.5) is 0 Å². The Morgan fingerprint density at radius 3 is 2.36 bits per heavy atom. The van der Waals surface area contributed by atoms with Crippen molar-refractivity contribution in [1.29, 1.82) is 0 Å². The standard InChI is InChI=1S/C4H12NO5P/c5-1-3-9-11(7,8)10-4-2-6/h6H,1-5H2,(H,7,8). The fourth-order valence-corrected chi connectivity index (χ4v) is 1.08. The Balaban J connectivity index is 3.53. The molecule has 0 saturated carbocycles. The molecule has 0 fully saturated rings. The lowest BCUT2D eigenvalue weighted by Gasteiger charge is -2.09. The monoisotopic (exact) mass is 185 g/mol. The van der Waals surface area contributed by atoms with Crippen LogP contribution in [0.5, 0.6) is 0 Å². The van der Waals surface area contributed by atoms with Crippen molar-refractivity contribution in [2.24, 2.45) is 5.73 Å². The minimum absolute atomic E-state index is 0.0425. The third kappa shape index (κ3) is 6.43. The SMILES string of the molecule is NCCOP(=O)(O)OCCO. The fourth-order valence-electron chi connectivity index (χ4n) is 0.362. The maximum Gasteiger partial charge on any atom is 0.472 e. The smallest absolute Gasteiger partial charge is 0.394 e. The van der Waals surface area contributed by atoms with Gasteiger partial charge >= 0.3 is 7.82 Å². The number of hydrogen-bond acceptors (Lipinski definition) is 5. The van der Waals surface area contributed by atoms with Crippen molar-refractivity contribution in [3.05, 3.63) is 0 Å². The number of phosphoric acid groups is 1. The van der Waals surface area contributed by atoms with Crippen molar-refractivity contribution < 1.29 is 23.6 Å². The third-order valence-corrected chi connectivity index (χ3v) is 1.74. The second-order valence-corrected chi connectivity index (χ2v) is 3.10. The molecule has 0 saturated heterocycles. The van der Waals surface area contributed by atoms with Crippen LogP contribution in [0.1, 0.15) is 0 Å². The van der Waals surface area contributed by atoms with E-state index in [-0.39, 0.29) is 26.4 Å². The molecule has 0 aliphatic rings. The van der Waals surface area contributed by atoms with Crippen molar-refractivity contribution in [3.63, 3.8) is 0 Å². The predicted octanol–water partition coefficient (Wildman–Crippen LogP) is -0.929. The Morgan fingerprint density at radius 2 is 1.91 bits per heavy atom. The zero-order valence-corrected chi connectivity index (χ0v) is 6.87. The molecule has 0 aromatic heterocycles. The van der Waals surface area contributed by atoms with Gasteiger partial charge in [0.1, 0.15) is 0 Å². The first-order valence-corrected chi connectivity index (χ1v) is 4.54. The number of rotatable bonds is 6. The molecule has 0 aromatic rings. The van der Waals surface area contributed by atoms with Crippen LogP contribution < -0.4 is 5.73 Å². The van der Waals surface area contributed by atoms with Crippen molar-refractivity contribution in [2.75, 3.05) is 26.4 Å². The Kier molecular flexibility index (Phi) is 5.67. The molecular weight excluding hydrogens is 173 g/mol. The van der Waals surface area contributed by atoms with Gasteiger partial charge in [-0.1, -0.05) is 0 Å². The first-order chi connectivity index (χ1) is 5.12. The van der Waals surface area contributed by atoms with Gasteiger partial charge < -0.3 is 15.7 Å². The molecule has 4 N–H and O–H groups in total. The van der Waals surface area contributed by atoms with E-state index in [9.17, 15) is 4.57 Å². The minimum Gasteiger partial charge on any atom is -0.394 e. The highest BCUT2D eigenvalue weighted by Crippen LogP contribution is 2.42. The van der Waals surface area contributed by atoms with Crippen molar-refractivity contribution >= 4 is 7.82 Å². The lowest BCUT2D eigenvalue weighted by Crippen LogP contribution is -2.08. The number of aliphatic hydroxyl groups excluding tert-OH is 1. The molecule has 0 aliphatic carbocycles. The predicted molar refractivity (Wildman–Crippen MR) is 37.9 cm³/mol. The summed E-state index contributed by atoms with van der Waals surface area (Å²) in [6.45, 7) is -0.443. The largest absolute Gasteiger partial charge is 0.472 e. The van der Waals surface area contributed by atoms with Crippen LogP contribution in [0.3, 0.4) is 0 Å². The van der Waals surface area contributed by atoms with Gasteiger partial charge in [-0.3, -0.25) is 9.05 Å². The van der Waals surface area contributed by atoms with Gasteiger partial charge in [0.25, 0.3) is 0 Å². The normalized spacial score (nSPS) is 16.3. The summed E-state index contributed by atoms with van der Waals surface area (Å²) in [5, 5.41) is 8.22. The van der Waals surface area contributed by atoms with Gasteiger partial charge in [0.05, 0.1) is 19.8 Å². The molecule has 0 rings (SSSR count). The first-order valence-electron chi connectivity index (χ1n) is 3.05. The zero-order valence-electron chi connectivity index (χ0n) is 5.97. The summed E-state index contributed by atoms with van der Waals surface area (Å²) in [6.07, 6.45) is 0. The first kappa shape index (κ1) is 11.0. The van der Waals surface area contributed by atoms with Crippen LogP contribution in [-0.4, -0.2) is 36.4 Å². The Morgan fingerprint density at radius 1 is 1.36 bits per heavy atom. The lowest BCUT2D eigenvalue weighted by molar-refractivity contribution is 0.125. The fraction of sp³-hybridized carbons (Fsp3) is 1.00. The van der Waals surface area contributed by atoms with Crippen molar-refractivity contribution in [3.8, 4) is 0 Å². The summed E-state index contributed by atoms with van der Waals surface area (Å²) >= 11 is 0. The van der Waals surface area contributed by atoms with Crippen LogP contribution in [0.2, 0.25) is 0 Å². The highest BCUT2D eigenvalue weighted by molar-refractivity contribution is 7.47. The van der Waals surface area contributed by atoms with Gasteiger partial charge in [-0.2, -0.15) is 0 Å². The van der Waals surface area contributed by atoms with E-state index in [1.54, 1.807) is 0 Å². The van der Waals surface area contributed by atoms with E-state index in [0.717, 1.165) is 0 Å². The molecule has 0 heterocycles. The average molecular weight is 185 g/mol. The third-order valence-electron chi connectivity index (χ3n) is 0.718. The highest BCUT2D eigenvalue weighted by Gasteiger charge is 2.19. The average Bonchev–Trinajstić information content (AvgIpc) is 1.97. The summed E-state index contributed by atoms with van der Waals surface area (Å²) in [5.74, 6) is 0. The van der Waals surface area contributed by atoms with Crippen LogP contribution in [0.25, 0.3) is 0 Å². The summed E-state index contributed by atoms with van der Waals surface area (Å²) in [5.41, 5.74) is 5.00. The highest BCUT2D eigenvalue weighted by atomic mass is 31.2. The van der Waals surface area contributed by atoms with Gasteiger partial charge in [0.15, 0.2) is 0 Å². The molecule has 1 unspecified atom stereocenters. The molecule has 1 atom stereocenters. The maximum absolute atomic E-state index is 10.7. The van der Waals surface area contributed by atoms with Crippen LogP contribution >= 0.6 is 7.82 Å². The van der Waals surface area contributed by atoms with Crippen molar-refractivity contribution in [1.82, 2.24) is 0 Å². The van der Waals surface area contributed by atoms with E-state index in [2.05, 4.69) is 9.05 Å². The summed E-state index contributed by atoms with van der Waals surface area (Å²) in [6, 6.07) is 0. The molecular formula is C4H12NO5P. The Labute approximate surface area is 64.5 Å². The molecule has 0 radical (unpaired) electrons. The summed E-state index contributed by atoms with van der Waals surface area (Å²) in [4.78, 5) is 8.72. The molecule has 0 amide bonds. The topological polar surface area (TPSA) is 102 Å². The molecule has 11 heavy (non-hydrogen) atoms. The molecule has 68 valence electrons. The lowest BCUT2D eigenvalue weighted by atomic mass is 10.8.